The molecule has 0 unspecified atom stereocenters. The molecule has 28 heavy (non-hydrogen) atoms. The van der Waals surface area contributed by atoms with Crippen molar-refractivity contribution < 1.29 is 14.7 Å². The van der Waals surface area contributed by atoms with E-state index in [9.17, 15) is 9.59 Å². The Bertz CT molecular complexity index is 895. The standard InChI is InChI=1S/C20H21N5O3/c26-19(13-16-8-10-18(11-9-16)25-15-21-22-23-25)24(12-4-7-20(27)28)14-17-5-2-1-3-6-17/h1-3,5-6,8-11,15H,4,7,12-14H2,(H,27,28). The normalized spacial score (nSPS) is 10.6. The minimum atomic E-state index is -0.856. The Kier molecular flexibility index (Phi) is 6.46. The van der Waals surface area contributed by atoms with E-state index in [1.165, 1.54) is 6.33 Å². The predicted octanol–water partition coefficient (Wildman–Crippen LogP) is 2.10. The van der Waals surface area contributed by atoms with E-state index < -0.39 is 5.97 Å². The molecule has 8 heteroatoms. The van der Waals surface area contributed by atoms with Gasteiger partial charge in [0, 0.05) is 19.5 Å². The van der Waals surface area contributed by atoms with Gasteiger partial charge in [0.1, 0.15) is 6.33 Å². The molecule has 0 saturated heterocycles. The maximum absolute atomic E-state index is 12.8. The maximum Gasteiger partial charge on any atom is 0.303 e. The first kappa shape index (κ1) is 19.2. The molecule has 0 fully saturated rings. The molecule has 0 radical (unpaired) electrons. The van der Waals surface area contributed by atoms with Crippen LogP contribution in [0.1, 0.15) is 24.0 Å². The van der Waals surface area contributed by atoms with Crippen molar-refractivity contribution in [1.82, 2.24) is 25.1 Å². The summed E-state index contributed by atoms with van der Waals surface area (Å²) in [5, 5.41) is 19.9. The zero-order valence-corrected chi connectivity index (χ0v) is 15.3. The minimum Gasteiger partial charge on any atom is -0.481 e. The zero-order chi connectivity index (χ0) is 19.8. The number of carboxylic acids is 1. The fraction of sp³-hybridized carbons (Fsp3) is 0.250. The number of carboxylic acid groups (broad SMARTS) is 1. The predicted molar refractivity (Wildman–Crippen MR) is 102 cm³/mol. The molecule has 0 aliphatic carbocycles. The number of amides is 1. The van der Waals surface area contributed by atoms with Gasteiger partial charge >= 0.3 is 5.97 Å². The van der Waals surface area contributed by atoms with Crippen molar-refractivity contribution >= 4 is 11.9 Å². The number of aliphatic carboxylic acids is 1. The second kappa shape index (κ2) is 9.40. The summed E-state index contributed by atoms with van der Waals surface area (Å²) in [6, 6.07) is 17.1. The van der Waals surface area contributed by atoms with Crippen LogP contribution >= 0.6 is 0 Å². The number of aromatic nitrogens is 4. The minimum absolute atomic E-state index is 0.0376. The highest BCUT2D eigenvalue weighted by atomic mass is 16.4. The van der Waals surface area contributed by atoms with Gasteiger partial charge in [0.05, 0.1) is 12.1 Å². The third-order valence-electron chi connectivity index (χ3n) is 4.29. The number of tetrazole rings is 1. The first-order valence-corrected chi connectivity index (χ1v) is 8.97. The molecule has 0 bridgehead atoms. The molecule has 1 heterocycles. The molecular weight excluding hydrogens is 358 g/mol. The molecule has 1 N–H and O–H groups in total. The van der Waals surface area contributed by atoms with Gasteiger partial charge in [-0.25, -0.2) is 4.68 Å². The van der Waals surface area contributed by atoms with E-state index in [0.717, 1.165) is 16.8 Å². The van der Waals surface area contributed by atoms with E-state index in [1.54, 1.807) is 9.58 Å². The summed E-state index contributed by atoms with van der Waals surface area (Å²) < 4.78 is 1.54. The molecule has 3 aromatic rings. The van der Waals surface area contributed by atoms with Crippen LogP contribution in [-0.4, -0.2) is 48.6 Å². The molecule has 0 saturated carbocycles. The van der Waals surface area contributed by atoms with Gasteiger partial charge in [-0.05, 0) is 40.1 Å². The summed E-state index contributed by atoms with van der Waals surface area (Å²) in [5.41, 5.74) is 2.70. The first-order valence-electron chi connectivity index (χ1n) is 8.97. The van der Waals surface area contributed by atoms with E-state index in [1.807, 2.05) is 54.6 Å². The molecule has 0 aliphatic heterocycles. The lowest BCUT2D eigenvalue weighted by Crippen LogP contribution is -2.33. The van der Waals surface area contributed by atoms with Gasteiger partial charge in [-0.1, -0.05) is 42.5 Å². The number of rotatable bonds is 9. The van der Waals surface area contributed by atoms with Crippen LogP contribution in [0.15, 0.2) is 60.9 Å². The summed E-state index contributed by atoms with van der Waals surface area (Å²) in [6.07, 6.45) is 2.21. The van der Waals surface area contributed by atoms with Crippen molar-refractivity contribution in [3.05, 3.63) is 72.1 Å². The summed E-state index contributed by atoms with van der Waals surface area (Å²) in [7, 11) is 0. The zero-order valence-electron chi connectivity index (χ0n) is 15.3. The Morgan fingerprint density at radius 2 is 1.75 bits per heavy atom. The maximum atomic E-state index is 12.8. The van der Waals surface area contributed by atoms with Crippen LogP contribution in [0.5, 0.6) is 0 Å². The molecule has 8 nitrogen and oxygen atoms in total. The van der Waals surface area contributed by atoms with Gasteiger partial charge in [0.2, 0.25) is 5.91 Å². The summed E-state index contributed by atoms with van der Waals surface area (Å²) in [6.45, 7) is 0.866. The van der Waals surface area contributed by atoms with Crippen molar-refractivity contribution in [1.29, 1.82) is 0 Å². The smallest absolute Gasteiger partial charge is 0.303 e. The number of benzene rings is 2. The van der Waals surface area contributed by atoms with Gasteiger partial charge < -0.3 is 10.0 Å². The largest absolute Gasteiger partial charge is 0.481 e. The van der Waals surface area contributed by atoms with Crippen LogP contribution in [0.2, 0.25) is 0 Å². The number of hydrogen-bond acceptors (Lipinski definition) is 5. The molecule has 2 aromatic carbocycles. The second-order valence-electron chi connectivity index (χ2n) is 6.40. The topological polar surface area (TPSA) is 101 Å². The summed E-state index contributed by atoms with van der Waals surface area (Å²) >= 11 is 0. The third kappa shape index (κ3) is 5.47. The lowest BCUT2D eigenvalue weighted by molar-refractivity contribution is -0.138. The molecule has 1 aromatic heterocycles. The van der Waals surface area contributed by atoms with Crippen LogP contribution in [0.3, 0.4) is 0 Å². The third-order valence-corrected chi connectivity index (χ3v) is 4.29. The molecule has 1 amide bonds. The Labute approximate surface area is 162 Å². The first-order chi connectivity index (χ1) is 13.6. The Balaban J connectivity index is 1.66. The van der Waals surface area contributed by atoms with E-state index >= 15 is 0 Å². The Morgan fingerprint density at radius 1 is 1.00 bits per heavy atom. The van der Waals surface area contributed by atoms with Gasteiger partial charge in [0.15, 0.2) is 0 Å². The van der Waals surface area contributed by atoms with Crippen molar-refractivity contribution in [3.8, 4) is 5.69 Å². The quantitative estimate of drug-likeness (QED) is 0.611. The lowest BCUT2D eigenvalue weighted by Gasteiger charge is -2.23. The fourth-order valence-corrected chi connectivity index (χ4v) is 2.85. The highest BCUT2D eigenvalue weighted by molar-refractivity contribution is 5.79. The molecule has 3 rings (SSSR count). The lowest BCUT2D eigenvalue weighted by atomic mass is 10.1. The Hall–Kier alpha value is -3.55. The average molecular weight is 379 g/mol. The highest BCUT2D eigenvalue weighted by Gasteiger charge is 2.15. The van der Waals surface area contributed by atoms with Crippen LogP contribution in [0.4, 0.5) is 0 Å². The van der Waals surface area contributed by atoms with Crippen LogP contribution in [-0.2, 0) is 22.6 Å². The molecular formula is C20H21N5O3. The SMILES string of the molecule is O=C(O)CCCN(Cc1ccccc1)C(=O)Cc1ccc(-n2cnnn2)cc1. The van der Waals surface area contributed by atoms with Crippen molar-refractivity contribution in [2.45, 2.75) is 25.8 Å². The molecule has 0 atom stereocenters. The molecule has 144 valence electrons. The molecule has 0 spiro atoms. The number of nitrogens with zero attached hydrogens (tertiary/aromatic N) is 5. The van der Waals surface area contributed by atoms with Gasteiger partial charge in [-0.2, -0.15) is 0 Å². The fourth-order valence-electron chi connectivity index (χ4n) is 2.85. The molecule has 0 aliphatic rings. The van der Waals surface area contributed by atoms with Crippen LogP contribution in [0, 0.1) is 0 Å². The number of carbonyl (C=O) groups excluding carboxylic acids is 1. The van der Waals surface area contributed by atoms with E-state index in [0.29, 0.717) is 19.5 Å². The second-order valence-corrected chi connectivity index (χ2v) is 6.40. The van der Waals surface area contributed by atoms with Gasteiger partial charge in [0.25, 0.3) is 0 Å². The summed E-state index contributed by atoms with van der Waals surface area (Å²) in [5.74, 6) is -0.894. The highest BCUT2D eigenvalue weighted by Crippen LogP contribution is 2.12. The van der Waals surface area contributed by atoms with Crippen molar-refractivity contribution in [2.24, 2.45) is 0 Å². The van der Waals surface area contributed by atoms with Crippen molar-refractivity contribution in [2.75, 3.05) is 6.54 Å². The van der Waals surface area contributed by atoms with Crippen LogP contribution in [0.25, 0.3) is 5.69 Å². The Morgan fingerprint density at radius 3 is 2.39 bits per heavy atom. The van der Waals surface area contributed by atoms with Gasteiger partial charge in [-0.3, -0.25) is 9.59 Å². The van der Waals surface area contributed by atoms with E-state index in [2.05, 4.69) is 15.5 Å². The summed E-state index contributed by atoms with van der Waals surface area (Å²) in [4.78, 5) is 25.4. The monoisotopic (exact) mass is 379 g/mol. The van der Waals surface area contributed by atoms with Gasteiger partial charge in [-0.15, -0.1) is 5.10 Å². The number of hydrogen-bond donors (Lipinski definition) is 1. The van der Waals surface area contributed by atoms with E-state index in [4.69, 9.17) is 5.11 Å². The number of carbonyl (C=O) groups is 2. The van der Waals surface area contributed by atoms with Crippen molar-refractivity contribution in [3.63, 3.8) is 0 Å². The average Bonchev–Trinajstić information content (AvgIpc) is 3.23. The van der Waals surface area contributed by atoms with E-state index in [-0.39, 0.29) is 18.7 Å². The van der Waals surface area contributed by atoms with Crippen LogP contribution < -0.4 is 0 Å².